The number of hydrogen-bond acceptors (Lipinski definition) is 7. The lowest BCUT2D eigenvalue weighted by atomic mass is 10.1. The maximum Gasteiger partial charge on any atom is 0.203 e. The molecule has 166 valence electrons. The first kappa shape index (κ1) is 22.7. The summed E-state index contributed by atoms with van der Waals surface area (Å²) in [7, 11) is 7.76. The second kappa shape index (κ2) is 10.3. The Hall–Kier alpha value is -4.00. The van der Waals surface area contributed by atoms with E-state index < -0.39 is 0 Å². The number of methoxy groups -OCH3 is 5. The zero-order chi connectivity index (χ0) is 23.1. The number of hydrogen-bond donors (Lipinski definition) is 0. The van der Waals surface area contributed by atoms with Gasteiger partial charge in [-0.25, -0.2) is 4.98 Å². The van der Waals surface area contributed by atoms with Crippen molar-refractivity contribution >= 4 is 11.9 Å². The molecular formula is C25H25NO6. The van der Waals surface area contributed by atoms with E-state index in [1.165, 1.54) is 13.2 Å². The Balaban J connectivity index is 1.88. The summed E-state index contributed by atoms with van der Waals surface area (Å²) in [5, 5.41) is 0. The normalized spacial score (nSPS) is 10.7. The van der Waals surface area contributed by atoms with Crippen LogP contribution < -0.4 is 23.7 Å². The van der Waals surface area contributed by atoms with E-state index in [-0.39, 0.29) is 5.78 Å². The molecule has 0 fully saturated rings. The quantitative estimate of drug-likeness (QED) is 0.357. The van der Waals surface area contributed by atoms with Gasteiger partial charge in [-0.1, -0.05) is 6.07 Å². The van der Waals surface area contributed by atoms with Crippen LogP contribution in [0, 0.1) is 0 Å². The first-order chi connectivity index (χ1) is 15.5. The van der Waals surface area contributed by atoms with Crippen molar-refractivity contribution < 1.29 is 28.5 Å². The molecule has 3 aromatic rings. The Bertz CT molecular complexity index is 1110. The van der Waals surface area contributed by atoms with Crippen LogP contribution in [0.2, 0.25) is 0 Å². The van der Waals surface area contributed by atoms with E-state index in [1.807, 2.05) is 30.3 Å². The molecular weight excluding hydrogens is 410 g/mol. The average molecular weight is 435 g/mol. The van der Waals surface area contributed by atoms with Crippen molar-refractivity contribution in [1.82, 2.24) is 4.98 Å². The number of allylic oxidation sites excluding steroid dienone is 1. The number of benzene rings is 2. The van der Waals surface area contributed by atoms with Crippen LogP contribution in [0.25, 0.3) is 17.3 Å². The van der Waals surface area contributed by atoms with Crippen LogP contribution in [-0.2, 0) is 0 Å². The van der Waals surface area contributed by atoms with Gasteiger partial charge in [0.25, 0.3) is 0 Å². The van der Waals surface area contributed by atoms with Crippen LogP contribution >= 0.6 is 0 Å². The number of pyridine rings is 1. The van der Waals surface area contributed by atoms with Gasteiger partial charge in [-0.15, -0.1) is 0 Å². The summed E-state index contributed by atoms with van der Waals surface area (Å²) in [4.78, 5) is 17.3. The summed E-state index contributed by atoms with van der Waals surface area (Å²) < 4.78 is 26.7. The molecule has 0 aliphatic rings. The fourth-order valence-corrected chi connectivity index (χ4v) is 3.18. The van der Waals surface area contributed by atoms with Gasteiger partial charge in [0.2, 0.25) is 5.75 Å². The Morgan fingerprint density at radius 1 is 0.750 bits per heavy atom. The second-order valence-corrected chi connectivity index (χ2v) is 6.63. The molecule has 2 aromatic carbocycles. The predicted molar refractivity (Wildman–Crippen MR) is 122 cm³/mol. The summed E-state index contributed by atoms with van der Waals surface area (Å²) in [5.41, 5.74) is 2.61. The molecule has 1 heterocycles. The second-order valence-electron chi connectivity index (χ2n) is 6.63. The largest absolute Gasteiger partial charge is 0.493 e. The third-order valence-corrected chi connectivity index (χ3v) is 4.80. The van der Waals surface area contributed by atoms with Crippen molar-refractivity contribution in [2.45, 2.75) is 0 Å². The predicted octanol–water partition coefficient (Wildman–Crippen LogP) is 4.69. The highest BCUT2D eigenvalue weighted by atomic mass is 16.5. The van der Waals surface area contributed by atoms with E-state index in [4.69, 9.17) is 23.7 Å². The van der Waals surface area contributed by atoms with Crippen LogP contribution in [0.4, 0.5) is 0 Å². The molecule has 0 saturated heterocycles. The highest BCUT2D eigenvalue weighted by molar-refractivity contribution is 6.07. The SMILES string of the molecule is COc1ccc(C(=O)C=Cc2cccc(-c3cc(OC)c(OC)c(OC)c3)n2)cc1OC. The maximum absolute atomic E-state index is 12.6. The first-order valence-electron chi connectivity index (χ1n) is 9.76. The van der Waals surface area contributed by atoms with Crippen molar-refractivity contribution in [2.75, 3.05) is 35.5 Å². The molecule has 0 unspecified atom stereocenters. The minimum Gasteiger partial charge on any atom is -0.493 e. The highest BCUT2D eigenvalue weighted by Crippen LogP contribution is 2.40. The first-order valence-corrected chi connectivity index (χ1v) is 9.76. The van der Waals surface area contributed by atoms with Crippen molar-refractivity contribution in [1.29, 1.82) is 0 Å². The minimum atomic E-state index is -0.175. The molecule has 7 heteroatoms. The molecule has 0 aliphatic carbocycles. The van der Waals surface area contributed by atoms with E-state index in [0.29, 0.717) is 45.7 Å². The molecule has 1 aromatic heterocycles. The third kappa shape index (κ3) is 4.83. The Labute approximate surface area is 187 Å². The number of aromatic nitrogens is 1. The van der Waals surface area contributed by atoms with Crippen molar-refractivity contribution in [3.63, 3.8) is 0 Å². The molecule has 32 heavy (non-hydrogen) atoms. The van der Waals surface area contributed by atoms with Gasteiger partial charge in [0.15, 0.2) is 28.8 Å². The highest BCUT2D eigenvalue weighted by Gasteiger charge is 2.15. The number of ketones is 1. The molecule has 7 nitrogen and oxygen atoms in total. The van der Waals surface area contributed by atoms with Crippen molar-refractivity contribution in [3.05, 3.63) is 65.9 Å². The molecule has 0 saturated carbocycles. The number of rotatable bonds is 9. The lowest BCUT2D eigenvalue weighted by Gasteiger charge is -2.14. The van der Waals surface area contributed by atoms with E-state index in [1.54, 1.807) is 52.7 Å². The zero-order valence-electron chi connectivity index (χ0n) is 18.7. The number of carbonyl (C=O) groups excluding carboxylic acids is 1. The van der Waals surface area contributed by atoms with Crippen molar-refractivity contribution in [3.8, 4) is 40.0 Å². The van der Waals surface area contributed by atoms with Crippen LogP contribution in [0.1, 0.15) is 16.1 Å². The van der Waals surface area contributed by atoms with Crippen LogP contribution in [0.15, 0.2) is 54.6 Å². The van der Waals surface area contributed by atoms with Gasteiger partial charge in [0, 0.05) is 11.1 Å². The van der Waals surface area contributed by atoms with Crippen LogP contribution in [0.5, 0.6) is 28.7 Å². The Kier molecular flexibility index (Phi) is 7.33. The molecule has 0 N–H and O–H groups in total. The summed E-state index contributed by atoms with van der Waals surface area (Å²) in [6.45, 7) is 0. The summed E-state index contributed by atoms with van der Waals surface area (Å²) in [6.07, 6.45) is 3.14. The maximum atomic E-state index is 12.6. The Morgan fingerprint density at radius 3 is 2.00 bits per heavy atom. The fraction of sp³-hybridized carbons (Fsp3) is 0.200. The summed E-state index contributed by atoms with van der Waals surface area (Å²) in [6, 6.07) is 14.2. The Morgan fingerprint density at radius 2 is 1.41 bits per heavy atom. The van der Waals surface area contributed by atoms with E-state index >= 15 is 0 Å². The topological polar surface area (TPSA) is 76.1 Å². The van der Waals surface area contributed by atoms with Gasteiger partial charge in [0.05, 0.1) is 46.9 Å². The van der Waals surface area contributed by atoms with E-state index in [0.717, 1.165) is 5.56 Å². The molecule has 0 amide bonds. The third-order valence-electron chi connectivity index (χ3n) is 4.80. The zero-order valence-corrected chi connectivity index (χ0v) is 18.7. The molecule has 3 rings (SSSR count). The number of ether oxygens (including phenoxy) is 5. The lowest BCUT2D eigenvalue weighted by Crippen LogP contribution is -1.98. The number of nitrogens with zero attached hydrogens (tertiary/aromatic N) is 1. The number of carbonyl (C=O) groups is 1. The van der Waals surface area contributed by atoms with E-state index in [9.17, 15) is 4.79 Å². The molecule has 0 spiro atoms. The van der Waals surface area contributed by atoms with Crippen LogP contribution in [-0.4, -0.2) is 46.3 Å². The van der Waals surface area contributed by atoms with Gasteiger partial charge in [-0.3, -0.25) is 4.79 Å². The fourth-order valence-electron chi connectivity index (χ4n) is 3.18. The molecule has 0 atom stereocenters. The van der Waals surface area contributed by atoms with Gasteiger partial charge in [0.1, 0.15) is 0 Å². The van der Waals surface area contributed by atoms with Crippen molar-refractivity contribution in [2.24, 2.45) is 0 Å². The summed E-state index contributed by atoms with van der Waals surface area (Å²) in [5.74, 6) is 2.46. The lowest BCUT2D eigenvalue weighted by molar-refractivity contribution is 0.104. The van der Waals surface area contributed by atoms with Crippen LogP contribution in [0.3, 0.4) is 0 Å². The molecule has 0 aliphatic heterocycles. The summed E-state index contributed by atoms with van der Waals surface area (Å²) >= 11 is 0. The van der Waals surface area contributed by atoms with Gasteiger partial charge >= 0.3 is 0 Å². The standard InChI is InChI=1S/C25H25NO6/c1-28-21-12-9-16(13-22(21)29-2)20(27)11-10-18-7-6-8-19(26-18)17-14-23(30-3)25(32-5)24(15-17)31-4/h6-15H,1-5H3. The molecule has 0 bridgehead atoms. The monoisotopic (exact) mass is 435 g/mol. The smallest absolute Gasteiger partial charge is 0.203 e. The molecule has 0 radical (unpaired) electrons. The van der Waals surface area contributed by atoms with Gasteiger partial charge < -0.3 is 23.7 Å². The van der Waals surface area contributed by atoms with E-state index in [2.05, 4.69) is 4.98 Å². The minimum absolute atomic E-state index is 0.175. The average Bonchev–Trinajstić information content (AvgIpc) is 2.85. The van der Waals surface area contributed by atoms with Gasteiger partial charge in [-0.05, 0) is 54.6 Å². The van der Waals surface area contributed by atoms with Gasteiger partial charge in [-0.2, -0.15) is 0 Å².